The monoisotopic (exact) mass is 371 g/mol. The number of nitrogens with zero attached hydrogens (tertiary/aromatic N) is 1. The smallest absolute Gasteiger partial charge is 0.274 e. The first-order chi connectivity index (χ1) is 13.0. The van der Waals surface area contributed by atoms with Gasteiger partial charge in [0.1, 0.15) is 11.5 Å². The fraction of sp³-hybridized carbons (Fsp3) is 0.100. The van der Waals surface area contributed by atoms with Crippen molar-refractivity contribution in [2.75, 3.05) is 17.2 Å². The van der Waals surface area contributed by atoms with Gasteiger partial charge in [0.15, 0.2) is 11.6 Å². The van der Waals surface area contributed by atoms with Crippen LogP contribution in [-0.4, -0.2) is 17.4 Å². The van der Waals surface area contributed by atoms with Gasteiger partial charge in [-0.1, -0.05) is 12.1 Å². The summed E-state index contributed by atoms with van der Waals surface area (Å²) in [5, 5.41) is 5.63. The Morgan fingerprint density at radius 2 is 1.67 bits per heavy atom. The Morgan fingerprint density at radius 1 is 0.889 bits per heavy atom. The molecular weight excluding hydrogens is 355 g/mol. The first kappa shape index (κ1) is 18.4. The molecule has 0 saturated heterocycles. The van der Waals surface area contributed by atoms with Crippen molar-refractivity contribution in [2.24, 2.45) is 0 Å². The highest BCUT2D eigenvalue weighted by Crippen LogP contribution is 2.15. The van der Waals surface area contributed by atoms with Crippen LogP contribution in [0, 0.1) is 17.5 Å². The van der Waals surface area contributed by atoms with Crippen molar-refractivity contribution < 1.29 is 18.0 Å². The van der Waals surface area contributed by atoms with Gasteiger partial charge in [0.05, 0.1) is 0 Å². The van der Waals surface area contributed by atoms with Gasteiger partial charge in [-0.05, 0) is 48.4 Å². The minimum absolute atomic E-state index is 0.131. The van der Waals surface area contributed by atoms with E-state index in [2.05, 4.69) is 15.6 Å². The van der Waals surface area contributed by atoms with E-state index >= 15 is 0 Å². The molecule has 7 heteroatoms. The Labute approximate surface area is 154 Å². The van der Waals surface area contributed by atoms with Crippen LogP contribution in [0.25, 0.3) is 0 Å². The van der Waals surface area contributed by atoms with E-state index in [-0.39, 0.29) is 17.2 Å². The van der Waals surface area contributed by atoms with E-state index in [4.69, 9.17) is 0 Å². The second kappa shape index (κ2) is 8.35. The number of benzene rings is 2. The van der Waals surface area contributed by atoms with Gasteiger partial charge in [-0.25, -0.2) is 13.2 Å². The molecule has 2 aromatic carbocycles. The fourth-order valence-corrected chi connectivity index (χ4v) is 2.44. The molecule has 0 saturated carbocycles. The van der Waals surface area contributed by atoms with Crippen LogP contribution >= 0.6 is 0 Å². The summed E-state index contributed by atoms with van der Waals surface area (Å²) in [5.74, 6) is -2.85. The third-order valence-corrected chi connectivity index (χ3v) is 3.83. The maximum absolute atomic E-state index is 13.2. The molecule has 1 aromatic heterocycles. The summed E-state index contributed by atoms with van der Waals surface area (Å²) in [5.41, 5.74) is 1.93. The summed E-state index contributed by atoms with van der Waals surface area (Å²) in [6.45, 7) is 0.583. The third-order valence-electron chi connectivity index (χ3n) is 3.83. The molecule has 0 radical (unpaired) electrons. The van der Waals surface area contributed by atoms with Crippen molar-refractivity contribution in [3.63, 3.8) is 0 Å². The lowest BCUT2D eigenvalue weighted by Gasteiger charge is -2.09. The number of nitrogens with one attached hydrogen (secondary N) is 2. The molecule has 0 unspecified atom stereocenters. The minimum atomic E-state index is -1.04. The highest BCUT2D eigenvalue weighted by Gasteiger charge is 2.10. The lowest BCUT2D eigenvalue weighted by Crippen LogP contribution is -2.14. The molecule has 2 N–H and O–H groups in total. The van der Waals surface area contributed by atoms with Gasteiger partial charge in [-0.2, -0.15) is 0 Å². The van der Waals surface area contributed by atoms with E-state index in [1.54, 1.807) is 24.3 Å². The predicted octanol–water partition coefficient (Wildman–Crippen LogP) is 4.41. The number of rotatable bonds is 6. The molecule has 0 aliphatic heterocycles. The maximum Gasteiger partial charge on any atom is 0.274 e. The highest BCUT2D eigenvalue weighted by atomic mass is 19.2. The number of hydrogen-bond donors (Lipinski definition) is 2. The van der Waals surface area contributed by atoms with Crippen molar-refractivity contribution in [2.45, 2.75) is 6.42 Å². The first-order valence-electron chi connectivity index (χ1n) is 8.22. The van der Waals surface area contributed by atoms with Crippen LogP contribution in [0.3, 0.4) is 0 Å². The zero-order chi connectivity index (χ0) is 19.2. The van der Waals surface area contributed by atoms with Crippen molar-refractivity contribution in [1.82, 2.24) is 4.98 Å². The number of hydrogen-bond acceptors (Lipinski definition) is 3. The van der Waals surface area contributed by atoms with Crippen molar-refractivity contribution >= 4 is 17.3 Å². The molecule has 3 aromatic rings. The Balaban J connectivity index is 1.59. The molecule has 0 bridgehead atoms. The number of carbonyl (C=O) groups excluding carboxylic acids is 1. The second-order valence-corrected chi connectivity index (χ2v) is 5.82. The Kier molecular flexibility index (Phi) is 5.71. The molecule has 0 atom stereocenters. The van der Waals surface area contributed by atoms with Crippen molar-refractivity contribution in [3.05, 3.63) is 89.5 Å². The topological polar surface area (TPSA) is 54.0 Å². The fourth-order valence-electron chi connectivity index (χ4n) is 2.44. The summed E-state index contributed by atoms with van der Waals surface area (Å²) >= 11 is 0. The second-order valence-electron chi connectivity index (χ2n) is 5.82. The molecule has 27 heavy (non-hydrogen) atoms. The standard InChI is InChI=1S/C20H16F3N3O/c21-14-3-1-13(2-4-14)7-9-24-15-8-10-25-19(12-15)20(27)26-16-5-6-17(22)18(23)11-16/h1-6,8,10-12H,7,9H2,(H,24,25)(H,26,27). The lowest BCUT2D eigenvalue weighted by atomic mass is 10.1. The van der Waals surface area contributed by atoms with E-state index < -0.39 is 17.5 Å². The van der Waals surface area contributed by atoms with Crippen LogP contribution in [-0.2, 0) is 6.42 Å². The summed E-state index contributed by atoms with van der Waals surface area (Å²) < 4.78 is 39.1. The number of aromatic nitrogens is 1. The number of amides is 1. The van der Waals surface area contributed by atoms with Crippen LogP contribution in [0.2, 0.25) is 0 Å². The van der Waals surface area contributed by atoms with Gasteiger partial charge in [0.2, 0.25) is 0 Å². The van der Waals surface area contributed by atoms with Crippen LogP contribution in [0.4, 0.5) is 24.5 Å². The van der Waals surface area contributed by atoms with E-state index in [0.717, 1.165) is 17.7 Å². The average molecular weight is 371 g/mol. The zero-order valence-electron chi connectivity index (χ0n) is 14.2. The van der Waals surface area contributed by atoms with E-state index in [1.807, 2.05) is 0 Å². The molecule has 0 fully saturated rings. The molecular formula is C20H16F3N3O. The van der Waals surface area contributed by atoms with Crippen LogP contribution in [0.15, 0.2) is 60.8 Å². The summed E-state index contributed by atoms with van der Waals surface area (Å²) in [7, 11) is 0. The highest BCUT2D eigenvalue weighted by molar-refractivity contribution is 6.03. The van der Waals surface area contributed by atoms with Crippen LogP contribution in [0.1, 0.15) is 16.1 Å². The summed E-state index contributed by atoms with van der Waals surface area (Å²) in [4.78, 5) is 16.2. The largest absolute Gasteiger partial charge is 0.385 e. The Hall–Kier alpha value is -3.35. The molecule has 1 heterocycles. The van der Waals surface area contributed by atoms with Gasteiger partial charge in [-0.3, -0.25) is 9.78 Å². The Morgan fingerprint density at radius 3 is 2.41 bits per heavy atom. The minimum Gasteiger partial charge on any atom is -0.385 e. The van der Waals surface area contributed by atoms with Crippen molar-refractivity contribution in [1.29, 1.82) is 0 Å². The Bertz CT molecular complexity index is 945. The molecule has 4 nitrogen and oxygen atoms in total. The van der Waals surface area contributed by atoms with Gasteiger partial charge in [0, 0.05) is 30.2 Å². The average Bonchev–Trinajstić information content (AvgIpc) is 2.66. The summed E-state index contributed by atoms with van der Waals surface area (Å²) in [6.07, 6.45) is 2.15. The predicted molar refractivity (Wildman–Crippen MR) is 97.1 cm³/mol. The molecule has 138 valence electrons. The third kappa shape index (κ3) is 5.07. The molecule has 1 amide bonds. The molecule has 0 aliphatic rings. The van der Waals surface area contributed by atoms with Gasteiger partial charge >= 0.3 is 0 Å². The van der Waals surface area contributed by atoms with Crippen LogP contribution < -0.4 is 10.6 Å². The van der Waals surface area contributed by atoms with Gasteiger partial charge in [-0.15, -0.1) is 0 Å². The number of carbonyl (C=O) groups is 1. The normalized spacial score (nSPS) is 10.5. The lowest BCUT2D eigenvalue weighted by molar-refractivity contribution is 0.102. The van der Waals surface area contributed by atoms with E-state index in [9.17, 15) is 18.0 Å². The quantitative estimate of drug-likeness (QED) is 0.675. The summed E-state index contributed by atoms with van der Waals surface area (Å²) in [6, 6.07) is 12.6. The molecule has 0 spiro atoms. The van der Waals surface area contributed by atoms with E-state index in [0.29, 0.717) is 18.7 Å². The SMILES string of the molecule is O=C(Nc1ccc(F)c(F)c1)c1cc(NCCc2ccc(F)cc2)ccn1. The molecule has 3 rings (SSSR count). The zero-order valence-corrected chi connectivity index (χ0v) is 14.2. The van der Waals surface area contributed by atoms with Gasteiger partial charge in [0.25, 0.3) is 5.91 Å². The van der Waals surface area contributed by atoms with E-state index in [1.165, 1.54) is 24.4 Å². The first-order valence-corrected chi connectivity index (χ1v) is 8.22. The number of anilines is 2. The maximum atomic E-state index is 13.2. The number of pyridine rings is 1. The van der Waals surface area contributed by atoms with Crippen LogP contribution in [0.5, 0.6) is 0 Å². The molecule has 0 aliphatic carbocycles. The number of halogens is 3. The van der Waals surface area contributed by atoms with Crippen molar-refractivity contribution in [3.8, 4) is 0 Å². The van der Waals surface area contributed by atoms with Gasteiger partial charge < -0.3 is 10.6 Å².